The van der Waals surface area contributed by atoms with Crippen molar-refractivity contribution < 1.29 is 22.7 Å². The highest BCUT2D eigenvalue weighted by Crippen LogP contribution is 2.26. The minimum Gasteiger partial charge on any atom is -0.481 e. The van der Waals surface area contributed by atoms with Crippen LogP contribution >= 0.6 is 11.3 Å². The van der Waals surface area contributed by atoms with Gasteiger partial charge in [-0.15, -0.1) is 11.3 Å². The predicted molar refractivity (Wildman–Crippen MR) is 126 cm³/mol. The smallest absolute Gasteiger partial charge is 0.279 e. The molecule has 0 bridgehead atoms. The number of sulfonamides is 1. The maximum absolute atomic E-state index is 12.7. The van der Waals surface area contributed by atoms with Crippen LogP contribution in [0.2, 0.25) is 0 Å². The Hall–Kier alpha value is -2.95. The molecule has 10 heteroatoms. The average molecular weight is 488 g/mol. The van der Waals surface area contributed by atoms with E-state index in [0.29, 0.717) is 25.1 Å². The number of thiophene rings is 1. The van der Waals surface area contributed by atoms with Crippen molar-refractivity contribution in [3.8, 4) is 5.75 Å². The molecule has 0 saturated carbocycles. The summed E-state index contributed by atoms with van der Waals surface area (Å²) in [6, 6.07) is 16.6. The molecule has 8 nitrogen and oxygen atoms in total. The summed E-state index contributed by atoms with van der Waals surface area (Å²) in [5.41, 5.74) is 4.81. The number of nitrogens with one attached hydrogen (secondary N) is 2. The molecule has 1 fully saturated rings. The van der Waals surface area contributed by atoms with Gasteiger partial charge < -0.3 is 4.74 Å². The molecule has 2 aromatic carbocycles. The van der Waals surface area contributed by atoms with E-state index in [4.69, 9.17) is 4.74 Å². The van der Waals surface area contributed by atoms with E-state index in [-0.39, 0.29) is 10.8 Å². The monoisotopic (exact) mass is 487 g/mol. The molecule has 4 rings (SSSR count). The minimum absolute atomic E-state index is 0.0745. The second-order valence-corrected chi connectivity index (χ2v) is 11.0. The van der Waals surface area contributed by atoms with E-state index in [9.17, 15) is 18.0 Å². The number of rotatable bonds is 6. The summed E-state index contributed by atoms with van der Waals surface area (Å²) in [5, 5.41) is 3.77. The number of fused-ring (bicyclic) bond motifs is 1. The zero-order valence-corrected chi connectivity index (χ0v) is 19.7. The number of ether oxygens (including phenoxy) is 1. The molecule has 174 valence electrons. The molecule has 1 aliphatic heterocycles. The standard InChI is InChI=1S/C23H25N3O5S2/c1-16(31-20-11-10-17-6-2-3-7-18(17)14-20)22(27)24-25-23(28)19-8-4-12-26(15-19)33(29,30)21-9-5-13-32-21/h2-3,5-7,9-11,13-14,16,19H,4,8,12,15H2,1H3,(H,24,27)(H,25,28)/t16-,19+/m1/s1. The summed E-state index contributed by atoms with van der Waals surface area (Å²) in [7, 11) is -3.62. The lowest BCUT2D eigenvalue weighted by molar-refractivity contribution is -0.134. The second kappa shape index (κ2) is 9.90. The van der Waals surface area contributed by atoms with Gasteiger partial charge in [0.25, 0.3) is 15.9 Å². The molecule has 2 amide bonds. The topological polar surface area (TPSA) is 105 Å². The first-order valence-corrected chi connectivity index (χ1v) is 13.0. The van der Waals surface area contributed by atoms with Crippen molar-refractivity contribution in [2.24, 2.45) is 5.92 Å². The lowest BCUT2D eigenvalue weighted by atomic mass is 9.99. The number of nitrogens with zero attached hydrogens (tertiary/aromatic N) is 1. The Labute approximate surface area is 196 Å². The molecule has 33 heavy (non-hydrogen) atoms. The zero-order valence-electron chi connectivity index (χ0n) is 18.1. The summed E-state index contributed by atoms with van der Waals surface area (Å²) in [6.45, 7) is 2.03. The number of hydrogen-bond donors (Lipinski definition) is 2. The molecule has 0 unspecified atom stereocenters. The van der Waals surface area contributed by atoms with Crippen LogP contribution in [0.3, 0.4) is 0 Å². The van der Waals surface area contributed by atoms with Crippen molar-refractivity contribution in [2.45, 2.75) is 30.1 Å². The predicted octanol–water partition coefficient (Wildman–Crippen LogP) is 2.92. The summed E-state index contributed by atoms with van der Waals surface area (Å²) >= 11 is 1.15. The number of hydrogen-bond acceptors (Lipinski definition) is 6. The summed E-state index contributed by atoms with van der Waals surface area (Å²) in [5.74, 6) is -0.933. The zero-order chi connectivity index (χ0) is 23.4. The van der Waals surface area contributed by atoms with E-state index >= 15 is 0 Å². The number of carbonyl (C=O) groups is 2. The van der Waals surface area contributed by atoms with Gasteiger partial charge in [0.1, 0.15) is 9.96 Å². The third-order valence-electron chi connectivity index (χ3n) is 5.56. The third kappa shape index (κ3) is 5.35. The van der Waals surface area contributed by atoms with E-state index in [2.05, 4.69) is 10.9 Å². The molecule has 2 N–H and O–H groups in total. The second-order valence-electron chi connectivity index (χ2n) is 7.88. The van der Waals surface area contributed by atoms with Crippen molar-refractivity contribution in [2.75, 3.05) is 13.1 Å². The van der Waals surface area contributed by atoms with Crippen LogP contribution in [0.25, 0.3) is 10.8 Å². The number of hydrazine groups is 1. The Morgan fingerprint density at radius 3 is 2.64 bits per heavy atom. The third-order valence-corrected chi connectivity index (χ3v) is 8.79. The Bertz CT molecular complexity index is 1240. The fraction of sp³-hybridized carbons (Fsp3) is 0.304. The van der Waals surface area contributed by atoms with Gasteiger partial charge in [0.15, 0.2) is 6.10 Å². The summed E-state index contributed by atoms with van der Waals surface area (Å²) in [4.78, 5) is 25.0. The van der Waals surface area contributed by atoms with Gasteiger partial charge in [-0.05, 0) is 54.1 Å². The van der Waals surface area contributed by atoms with E-state index in [1.54, 1.807) is 30.5 Å². The van der Waals surface area contributed by atoms with E-state index in [1.165, 1.54) is 4.31 Å². The van der Waals surface area contributed by atoms with Gasteiger partial charge in [-0.25, -0.2) is 8.42 Å². The molecule has 2 heterocycles. The Morgan fingerprint density at radius 1 is 1.09 bits per heavy atom. The largest absolute Gasteiger partial charge is 0.481 e. The van der Waals surface area contributed by atoms with Crippen molar-refractivity contribution in [3.05, 3.63) is 60.0 Å². The van der Waals surface area contributed by atoms with Crippen LogP contribution in [0.5, 0.6) is 5.75 Å². The van der Waals surface area contributed by atoms with Gasteiger partial charge >= 0.3 is 0 Å². The highest BCUT2D eigenvalue weighted by atomic mass is 32.2. The van der Waals surface area contributed by atoms with Crippen molar-refractivity contribution in [1.82, 2.24) is 15.2 Å². The molecular weight excluding hydrogens is 462 g/mol. The van der Waals surface area contributed by atoms with E-state index in [0.717, 1.165) is 22.1 Å². The molecule has 1 aliphatic rings. The Balaban J connectivity index is 1.30. The fourth-order valence-corrected chi connectivity index (χ4v) is 6.41. The number of carbonyl (C=O) groups excluding carboxylic acids is 2. The van der Waals surface area contributed by atoms with Gasteiger partial charge in [0, 0.05) is 13.1 Å². The molecule has 3 aromatic rings. The number of piperidine rings is 1. The lowest BCUT2D eigenvalue weighted by Gasteiger charge is -2.30. The van der Waals surface area contributed by atoms with Crippen LogP contribution in [-0.4, -0.2) is 43.7 Å². The molecule has 0 radical (unpaired) electrons. The first kappa shape index (κ1) is 23.2. The van der Waals surface area contributed by atoms with Crippen molar-refractivity contribution in [3.63, 3.8) is 0 Å². The first-order chi connectivity index (χ1) is 15.8. The SMILES string of the molecule is C[C@@H](Oc1ccc2ccccc2c1)C(=O)NNC(=O)[C@H]1CCCN(S(=O)(=O)c2cccs2)C1. The highest BCUT2D eigenvalue weighted by Gasteiger charge is 2.34. The van der Waals surface area contributed by atoms with E-state index < -0.39 is 33.9 Å². The molecular formula is C23H25N3O5S2. The maximum atomic E-state index is 12.7. The quantitative estimate of drug-likeness (QED) is 0.520. The van der Waals surface area contributed by atoms with Crippen molar-refractivity contribution in [1.29, 1.82) is 0 Å². The summed E-state index contributed by atoms with van der Waals surface area (Å²) < 4.78 is 32.8. The van der Waals surface area contributed by atoms with Crippen LogP contribution < -0.4 is 15.6 Å². The van der Waals surface area contributed by atoms with Gasteiger partial charge in [-0.3, -0.25) is 20.4 Å². The highest BCUT2D eigenvalue weighted by molar-refractivity contribution is 7.91. The Morgan fingerprint density at radius 2 is 1.88 bits per heavy atom. The molecule has 0 aliphatic carbocycles. The maximum Gasteiger partial charge on any atom is 0.279 e. The molecule has 0 spiro atoms. The minimum atomic E-state index is -3.62. The molecule has 1 aromatic heterocycles. The van der Waals surface area contributed by atoms with Crippen LogP contribution in [0, 0.1) is 5.92 Å². The summed E-state index contributed by atoms with van der Waals surface area (Å²) in [6.07, 6.45) is 0.271. The number of amides is 2. The van der Waals surface area contributed by atoms with Gasteiger partial charge in [0.05, 0.1) is 5.92 Å². The normalized spacial score (nSPS) is 17.9. The fourth-order valence-electron chi connectivity index (χ4n) is 3.74. The molecule has 1 saturated heterocycles. The van der Waals surface area contributed by atoms with Gasteiger partial charge in [-0.1, -0.05) is 36.4 Å². The van der Waals surface area contributed by atoms with Crippen molar-refractivity contribution >= 4 is 43.9 Å². The average Bonchev–Trinajstić information content (AvgIpc) is 3.38. The van der Waals surface area contributed by atoms with Crippen LogP contribution in [0.1, 0.15) is 19.8 Å². The van der Waals surface area contributed by atoms with Crippen LogP contribution in [0.15, 0.2) is 64.2 Å². The van der Waals surface area contributed by atoms with Crippen LogP contribution in [0.4, 0.5) is 0 Å². The number of benzene rings is 2. The van der Waals surface area contributed by atoms with Gasteiger partial charge in [0.2, 0.25) is 5.91 Å². The molecule has 2 atom stereocenters. The lowest BCUT2D eigenvalue weighted by Crippen LogP contribution is -2.52. The van der Waals surface area contributed by atoms with Crippen LogP contribution in [-0.2, 0) is 19.6 Å². The van der Waals surface area contributed by atoms with E-state index in [1.807, 2.05) is 36.4 Å². The van der Waals surface area contributed by atoms with Gasteiger partial charge in [-0.2, -0.15) is 4.31 Å². The Kier molecular flexibility index (Phi) is 6.96. The first-order valence-electron chi connectivity index (χ1n) is 10.6.